The van der Waals surface area contributed by atoms with E-state index in [1.807, 2.05) is 43.3 Å². The van der Waals surface area contributed by atoms with E-state index in [0.29, 0.717) is 28.8 Å². The smallest absolute Gasteiger partial charge is 0.258 e. The Morgan fingerprint density at radius 1 is 1.10 bits per heavy atom. The lowest BCUT2D eigenvalue weighted by Crippen LogP contribution is -2.16. The minimum Gasteiger partial charge on any atom is -0.487 e. The topological polar surface area (TPSA) is 82.5 Å². The van der Waals surface area contributed by atoms with Gasteiger partial charge in [-0.15, -0.1) is 0 Å². The van der Waals surface area contributed by atoms with Gasteiger partial charge in [0.25, 0.3) is 5.56 Å². The Morgan fingerprint density at radius 3 is 2.72 bits per heavy atom. The van der Waals surface area contributed by atoms with Crippen LogP contribution in [-0.2, 0) is 13.0 Å². The maximum absolute atomic E-state index is 12.3. The summed E-state index contributed by atoms with van der Waals surface area (Å²) < 4.78 is 12.6. The van der Waals surface area contributed by atoms with Crippen LogP contribution < -0.4 is 10.3 Å². The van der Waals surface area contributed by atoms with Gasteiger partial charge in [-0.1, -0.05) is 24.6 Å². The van der Waals surface area contributed by atoms with Gasteiger partial charge in [0, 0.05) is 24.2 Å². The second kappa shape index (κ2) is 8.26. The van der Waals surface area contributed by atoms with Gasteiger partial charge in [-0.25, -0.2) is 4.98 Å². The molecule has 4 aromatic rings. The largest absolute Gasteiger partial charge is 0.487 e. The normalized spacial score (nSPS) is 11.1. The van der Waals surface area contributed by atoms with Crippen molar-refractivity contribution in [2.75, 3.05) is 0 Å². The van der Waals surface area contributed by atoms with Gasteiger partial charge in [0.2, 0.25) is 11.7 Å². The first-order valence-corrected chi connectivity index (χ1v) is 9.67. The number of nitrogens with zero attached hydrogens (tertiary/aromatic N) is 4. The molecule has 0 aliphatic carbocycles. The molecule has 1 aromatic carbocycles. The first-order chi connectivity index (χ1) is 14.1. The van der Waals surface area contributed by atoms with Crippen LogP contribution in [0, 0.1) is 6.92 Å². The van der Waals surface area contributed by atoms with Crippen molar-refractivity contribution < 1.29 is 9.26 Å². The first kappa shape index (κ1) is 18.9. The van der Waals surface area contributed by atoms with Gasteiger partial charge < -0.3 is 9.26 Å². The average molecular weight is 390 g/mol. The summed E-state index contributed by atoms with van der Waals surface area (Å²) in [6, 6.07) is 12.7. The van der Waals surface area contributed by atoms with Gasteiger partial charge in [-0.2, -0.15) is 4.98 Å². The predicted octanol–water partition coefficient (Wildman–Crippen LogP) is 3.97. The standard InChI is InChI=1S/C22H22N4O3/c1-3-4-5-20-24-22(25-29-20)16-7-9-18(10-8-16)28-14-17-12-21(27)26-13-15(2)6-11-19(26)23-17/h6-13H,3-5,14H2,1-2H3. The number of unbranched alkanes of at least 4 members (excludes halogenated alkanes) is 1. The minimum absolute atomic E-state index is 0.122. The second-order valence-corrected chi connectivity index (χ2v) is 6.95. The predicted molar refractivity (Wildman–Crippen MR) is 109 cm³/mol. The van der Waals surface area contributed by atoms with E-state index in [1.54, 1.807) is 6.20 Å². The van der Waals surface area contributed by atoms with Gasteiger partial charge in [0.1, 0.15) is 18.0 Å². The van der Waals surface area contributed by atoms with Crippen LogP contribution in [0.4, 0.5) is 0 Å². The number of hydrogen-bond donors (Lipinski definition) is 0. The SMILES string of the molecule is CCCCc1nc(-c2ccc(OCc3cc(=O)n4cc(C)ccc4n3)cc2)no1. The number of aromatic nitrogens is 4. The third-order valence-electron chi connectivity index (χ3n) is 4.57. The highest BCUT2D eigenvalue weighted by molar-refractivity contribution is 5.55. The van der Waals surface area contributed by atoms with E-state index in [0.717, 1.165) is 30.4 Å². The molecule has 0 atom stereocenters. The summed E-state index contributed by atoms with van der Waals surface area (Å²) in [5.74, 6) is 1.91. The number of ether oxygens (including phenoxy) is 1. The lowest BCUT2D eigenvalue weighted by atomic mass is 10.2. The van der Waals surface area contributed by atoms with Crippen LogP contribution in [-0.4, -0.2) is 19.5 Å². The number of pyridine rings is 1. The molecule has 29 heavy (non-hydrogen) atoms. The van der Waals surface area contributed by atoms with E-state index in [1.165, 1.54) is 10.5 Å². The summed E-state index contributed by atoms with van der Waals surface area (Å²) in [6.07, 6.45) is 4.69. The number of aryl methyl sites for hydroxylation is 2. The molecule has 0 radical (unpaired) electrons. The minimum atomic E-state index is -0.122. The van der Waals surface area contributed by atoms with Crippen LogP contribution in [0.1, 0.15) is 36.9 Å². The van der Waals surface area contributed by atoms with Crippen molar-refractivity contribution >= 4 is 5.65 Å². The number of hydrogen-bond acceptors (Lipinski definition) is 6. The molecule has 0 unspecified atom stereocenters. The van der Waals surface area contributed by atoms with Gasteiger partial charge in [-0.3, -0.25) is 9.20 Å². The van der Waals surface area contributed by atoms with Gasteiger partial charge >= 0.3 is 0 Å². The summed E-state index contributed by atoms with van der Waals surface area (Å²) in [4.78, 5) is 21.2. The Hall–Kier alpha value is -3.48. The van der Waals surface area contributed by atoms with Gasteiger partial charge in [0.05, 0.1) is 5.69 Å². The summed E-state index contributed by atoms with van der Waals surface area (Å²) in [7, 11) is 0. The molecule has 3 aromatic heterocycles. The maximum atomic E-state index is 12.3. The fourth-order valence-corrected chi connectivity index (χ4v) is 2.99. The molecule has 4 rings (SSSR count). The fraction of sp³-hybridized carbons (Fsp3) is 0.273. The first-order valence-electron chi connectivity index (χ1n) is 9.67. The van der Waals surface area contributed by atoms with Crippen molar-refractivity contribution in [1.29, 1.82) is 0 Å². The van der Waals surface area contributed by atoms with E-state index < -0.39 is 0 Å². The molecule has 7 nitrogen and oxygen atoms in total. The zero-order valence-corrected chi connectivity index (χ0v) is 16.5. The maximum Gasteiger partial charge on any atom is 0.258 e. The van der Waals surface area contributed by atoms with E-state index in [4.69, 9.17) is 9.26 Å². The average Bonchev–Trinajstić information content (AvgIpc) is 3.21. The van der Waals surface area contributed by atoms with Crippen molar-refractivity contribution in [3.8, 4) is 17.1 Å². The number of fused-ring (bicyclic) bond motifs is 1. The van der Waals surface area contributed by atoms with Crippen LogP contribution in [0.15, 0.2) is 58.0 Å². The van der Waals surface area contributed by atoms with Crippen molar-refractivity contribution in [2.24, 2.45) is 0 Å². The summed E-state index contributed by atoms with van der Waals surface area (Å²) in [6.45, 7) is 4.27. The molecule has 0 spiro atoms. The van der Waals surface area contributed by atoms with Gasteiger partial charge in [-0.05, 0) is 49.2 Å². The van der Waals surface area contributed by atoms with Crippen LogP contribution in [0.2, 0.25) is 0 Å². The third kappa shape index (κ3) is 4.34. The Bertz CT molecular complexity index is 1180. The zero-order chi connectivity index (χ0) is 20.2. The number of benzene rings is 1. The quantitative estimate of drug-likeness (QED) is 0.475. The van der Waals surface area contributed by atoms with E-state index in [9.17, 15) is 4.79 Å². The summed E-state index contributed by atoms with van der Waals surface area (Å²) in [5, 5.41) is 4.03. The number of rotatable bonds is 7. The molecule has 0 aliphatic heterocycles. The molecule has 0 saturated carbocycles. The Morgan fingerprint density at radius 2 is 1.93 bits per heavy atom. The lowest BCUT2D eigenvalue weighted by Gasteiger charge is -2.08. The van der Waals surface area contributed by atoms with E-state index >= 15 is 0 Å². The molecule has 0 amide bonds. The summed E-state index contributed by atoms with van der Waals surface area (Å²) in [5.41, 5.74) is 2.93. The monoisotopic (exact) mass is 390 g/mol. The highest BCUT2D eigenvalue weighted by atomic mass is 16.5. The molecule has 0 N–H and O–H groups in total. The molecule has 0 bridgehead atoms. The second-order valence-electron chi connectivity index (χ2n) is 6.95. The lowest BCUT2D eigenvalue weighted by molar-refractivity contribution is 0.301. The third-order valence-corrected chi connectivity index (χ3v) is 4.57. The molecule has 148 valence electrons. The molecular formula is C22H22N4O3. The molecule has 3 heterocycles. The summed E-state index contributed by atoms with van der Waals surface area (Å²) >= 11 is 0. The molecule has 7 heteroatoms. The fourth-order valence-electron chi connectivity index (χ4n) is 2.99. The Labute approximate surface area is 168 Å². The Kier molecular flexibility index (Phi) is 5.37. The van der Waals surface area contributed by atoms with Crippen molar-refractivity contribution in [1.82, 2.24) is 19.5 Å². The van der Waals surface area contributed by atoms with Crippen LogP contribution in [0.5, 0.6) is 5.75 Å². The van der Waals surface area contributed by atoms with Gasteiger partial charge in [0.15, 0.2) is 0 Å². The van der Waals surface area contributed by atoms with Crippen LogP contribution in [0.3, 0.4) is 0 Å². The van der Waals surface area contributed by atoms with Crippen LogP contribution in [0.25, 0.3) is 17.0 Å². The van der Waals surface area contributed by atoms with Crippen molar-refractivity contribution in [3.05, 3.63) is 76.2 Å². The molecule has 0 aliphatic rings. The highest BCUT2D eigenvalue weighted by Gasteiger charge is 2.09. The highest BCUT2D eigenvalue weighted by Crippen LogP contribution is 2.21. The molecule has 0 fully saturated rings. The van der Waals surface area contributed by atoms with E-state index in [-0.39, 0.29) is 12.2 Å². The zero-order valence-electron chi connectivity index (χ0n) is 16.5. The molecular weight excluding hydrogens is 368 g/mol. The van der Waals surface area contributed by atoms with Crippen molar-refractivity contribution in [2.45, 2.75) is 39.7 Å². The Balaban J connectivity index is 1.44. The van der Waals surface area contributed by atoms with Crippen LogP contribution >= 0.6 is 0 Å². The molecule has 0 saturated heterocycles. The van der Waals surface area contributed by atoms with E-state index in [2.05, 4.69) is 22.0 Å². The van der Waals surface area contributed by atoms with Crippen molar-refractivity contribution in [3.63, 3.8) is 0 Å².